The summed E-state index contributed by atoms with van der Waals surface area (Å²) in [5.41, 5.74) is -0.630. The molecular weight excluding hydrogens is 271 g/mol. The molecular formula is C14H8ClFO3. The van der Waals surface area contributed by atoms with Gasteiger partial charge in [0, 0.05) is 10.6 Å². The van der Waals surface area contributed by atoms with Crippen molar-refractivity contribution in [2.45, 2.75) is 0 Å². The first kappa shape index (κ1) is 13.2. The molecule has 1 N–H and O–H groups in total. The summed E-state index contributed by atoms with van der Waals surface area (Å²) in [6.45, 7) is 0. The number of hydrogen-bond donors (Lipinski definition) is 1. The number of rotatable bonds is 3. The third-order valence-electron chi connectivity index (χ3n) is 2.58. The molecule has 0 aromatic heterocycles. The zero-order valence-electron chi connectivity index (χ0n) is 9.56. The van der Waals surface area contributed by atoms with Crippen LogP contribution >= 0.6 is 11.6 Å². The molecule has 2 aromatic rings. The molecule has 0 atom stereocenters. The molecule has 0 saturated carbocycles. The Hall–Kier alpha value is -2.20. The van der Waals surface area contributed by atoms with Gasteiger partial charge in [0.2, 0.25) is 0 Å². The summed E-state index contributed by atoms with van der Waals surface area (Å²) in [4.78, 5) is 23.2. The Morgan fingerprint density at radius 1 is 1.05 bits per heavy atom. The van der Waals surface area contributed by atoms with Gasteiger partial charge in [0.15, 0.2) is 5.78 Å². The lowest BCUT2D eigenvalue weighted by Crippen LogP contribution is -2.12. The lowest BCUT2D eigenvalue weighted by atomic mass is 9.98. The monoisotopic (exact) mass is 278 g/mol. The molecule has 0 unspecified atom stereocenters. The molecule has 0 fully saturated rings. The molecule has 19 heavy (non-hydrogen) atoms. The molecule has 0 aliphatic heterocycles. The molecule has 5 heteroatoms. The first-order valence-corrected chi connectivity index (χ1v) is 5.70. The summed E-state index contributed by atoms with van der Waals surface area (Å²) >= 11 is 5.70. The molecule has 0 bridgehead atoms. The number of carbonyl (C=O) groups is 2. The van der Waals surface area contributed by atoms with Gasteiger partial charge in [-0.2, -0.15) is 0 Å². The number of hydrogen-bond acceptors (Lipinski definition) is 2. The molecule has 0 amide bonds. The summed E-state index contributed by atoms with van der Waals surface area (Å²) in [5, 5.41) is 9.42. The second kappa shape index (κ2) is 5.20. The number of carboxylic acids is 1. The molecule has 0 radical (unpaired) electrons. The number of ketones is 1. The Balaban J connectivity index is 2.55. The Morgan fingerprint density at radius 3 is 2.26 bits per heavy atom. The number of halogens is 2. The van der Waals surface area contributed by atoms with Gasteiger partial charge >= 0.3 is 5.97 Å². The van der Waals surface area contributed by atoms with Crippen LogP contribution < -0.4 is 0 Å². The Labute approximate surface area is 113 Å². The van der Waals surface area contributed by atoms with Gasteiger partial charge in [0.1, 0.15) is 5.82 Å². The molecule has 3 nitrogen and oxygen atoms in total. The van der Waals surface area contributed by atoms with Crippen LogP contribution in [0.2, 0.25) is 5.02 Å². The second-order valence-corrected chi connectivity index (χ2v) is 4.24. The molecule has 0 aliphatic carbocycles. The minimum Gasteiger partial charge on any atom is -0.478 e. The van der Waals surface area contributed by atoms with Crippen molar-refractivity contribution in [1.29, 1.82) is 0 Å². The van der Waals surface area contributed by atoms with Gasteiger partial charge in [0.05, 0.1) is 11.1 Å². The highest BCUT2D eigenvalue weighted by Crippen LogP contribution is 2.19. The molecule has 0 aliphatic rings. The Morgan fingerprint density at radius 2 is 1.68 bits per heavy atom. The number of carbonyl (C=O) groups excluding carboxylic acids is 1. The largest absolute Gasteiger partial charge is 0.478 e. The standard InChI is InChI=1S/C14H8ClFO3/c15-9-6-4-8(5-7-9)13(17)12-10(14(18)19)2-1-3-11(12)16/h1-7H,(H,18,19). The van der Waals surface area contributed by atoms with Crippen molar-refractivity contribution in [3.05, 3.63) is 70.0 Å². The summed E-state index contributed by atoms with van der Waals surface area (Å²) < 4.78 is 13.7. The van der Waals surface area contributed by atoms with Crippen LogP contribution in [0.25, 0.3) is 0 Å². The van der Waals surface area contributed by atoms with Gasteiger partial charge in [-0.1, -0.05) is 17.7 Å². The Kier molecular flexibility index (Phi) is 3.62. The van der Waals surface area contributed by atoms with Gasteiger partial charge < -0.3 is 5.11 Å². The number of benzene rings is 2. The van der Waals surface area contributed by atoms with Crippen LogP contribution in [-0.4, -0.2) is 16.9 Å². The predicted octanol–water partition coefficient (Wildman–Crippen LogP) is 3.41. The van der Waals surface area contributed by atoms with Gasteiger partial charge in [0.25, 0.3) is 0 Å². The van der Waals surface area contributed by atoms with Crippen molar-refractivity contribution in [2.75, 3.05) is 0 Å². The highest BCUT2D eigenvalue weighted by molar-refractivity contribution is 6.30. The maximum Gasteiger partial charge on any atom is 0.336 e. The van der Waals surface area contributed by atoms with Crippen LogP contribution in [0, 0.1) is 5.82 Å². The average Bonchev–Trinajstić information content (AvgIpc) is 2.38. The lowest BCUT2D eigenvalue weighted by molar-refractivity contribution is 0.0692. The second-order valence-electron chi connectivity index (χ2n) is 3.80. The molecule has 0 heterocycles. The fraction of sp³-hybridized carbons (Fsp3) is 0. The highest BCUT2D eigenvalue weighted by Gasteiger charge is 2.21. The van der Waals surface area contributed by atoms with E-state index in [2.05, 4.69) is 0 Å². The number of aromatic carboxylic acids is 1. The minimum absolute atomic E-state index is 0.178. The van der Waals surface area contributed by atoms with Crippen molar-refractivity contribution in [1.82, 2.24) is 0 Å². The first-order valence-electron chi connectivity index (χ1n) is 5.33. The smallest absolute Gasteiger partial charge is 0.336 e. The van der Waals surface area contributed by atoms with Crippen molar-refractivity contribution >= 4 is 23.4 Å². The van der Waals surface area contributed by atoms with E-state index >= 15 is 0 Å². The summed E-state index contributed by atoms with van der Waals surface area (Å²) in [6, 6.07) is 9.29. The quantitative estimate of drug-likeness (QED) is 0.876. The van der Waals surface area contributed by atoms with Gasteiger partial charge in [-0.3, -0.25) is 4.79 Å². The van der Waals surface area contributed by atoms with Crippen LogP contribution in [0.3, 0.4) is 0 Å². The SMILES string of the molecule is O=C(O)c1cccc(F)c1C(=O)c1ccc(Cl)cc1. The predicted molar refractivity (Wildman–Crippen MR) is 68.2 cm³/mol. The fourth-order valence-corrected chi connectivity index (χ4v) is 1.80. The molecule has 0 spiro atoms. The maximum absolute atomic E-state index is 13.7. The maximum atomic E-state index is 13.7. The van der Waals surface area contributed by atoms with E-state index in [1.807, 2.05) is 0 Å². The summed E-state index contributed by atoms with van der Waals surface area (Å²) in [6.07, 6.45) is 0. The molecule has 96 valence electrons. The van der Waals surface area contributed by atoms with Crippen LogP contribution in [0.5, 0.6) is 0 Å². The van der Waals surface area contributed by atoms with Crippen molar-refractivity contribution in [3.63, 3.8) is 0 Å². The molecule has 0 saturated heterocycles. The van der Waals surface area contributed by atoms with E-state index < -0.39 is 23.1 Å². The van der Waals surface area contributed by atoms with Gasteiger partial charge in [-0.25, -0.2) is 9.18 Å². The van der Waals surface area contributed by atoms with Crippen molar-refractivity contribution in [3.8, 4) is 0 Å². The zero-order valence-corrected chi connectivity index (χ0v) is 10.3. The fourth-order valence-electron chi connectivity index (χ4n) is 1.68. The zero-order chi connectivity index (χ0) is 14.0. The van der Waals surface area contributed by atoms with Crippen LogP contribution in [0.4, 0.5) is 4.39 Å². The van der Waals surface area contributed by atoms with E-state index in [0.717, 1.165) is 6.07 Å². The van der Waals surface area contributed by atoms with E-state index in [1.54, 1.807) is 0 Å². The first-order chi connectivity index (χ1) is 9.00. The van der Waals surface area contributed by atoms with E-state index in [9.17, 15) is 14.0 Å². The lowest BCUT2D eigenvalue weighted by Gasteiger charge is -2.06. The van der Waals surface area contributed by atoms with Crippen LogP contribution in [0.1, 0.15) is 26.3 Å². The van der Waals surface area contributed by atoms with Crippen molar-refractivity contribution < 1.29 is 19.1 Å². The normalized spacial score (nSPS) is 10.2. The third-order valence-corrected chi connectivity index (χ3v) is 2.83. The van der Waals surface area contributed by atoms with Crippen LogP contribution in [0.15, 0.2) is 42.5 Å². The van der Waals surface area contributed by atoms with E-state index in [4.69, 9.17) is 16.7 Å². The summed E-state index contributed by atoms with van der Waals surface area (Å²) in [5.74, 6) is -2.90. The van der Waals surface area contributed by atoms with E-state index in [1.165, 1.54) is 36.4 Å². The van der Waals surface area contributed by atoms with Gasteiger partial charge in [-0.05, 0) is 36.4 Å². The highest BCUT2D eigenvalue weighted by atomic mass is 35.5. The van der Waals surface area contributed by atoms with Crippen LogP contribution in [-0.2, 0) is 0 Å². The minimum atomic E-state index is -1.35. The average molecular weight is 279 g/mol. The number of carboxylic acid groups (broad SMARTS) is 1. The molecule has 2 aromatic carbocycles. The van der Waals surface area contributed by atoms with E-state index in [-0.39, 0.29) is 11.1 Å². The third kappa shape index (κ3) is 2.63. The molecule has 2 rings (SSSR count). The Bertz CT molecular complexity index is 650. The van der Waals surface area contributed by atoms with Gasteiger partial charge in [-0.15, -0.1) is 0 Å². The van der Waals surface area contributed by atoms with Crippen molar-refractivity contribution in [2.24, 2.45) is 0 Å². The topological polar surface area (TPSA) is 54.4 Å². The summed E-state index contributed by atoms with van der Waals surface area (Å²) in [7, 11) is 0. The van der Waals surface area contributed by atoms with E-state index in [0.29, 0.717) is 5.02 Å².